The van der Waals surface area contributed by atoms with Gasteiger partial charge in [0.05, 0.1) is 12.5 Å². The summed E-state index contributed by atoms with van der Waals surface area (Å²) in [6, 6.07) is 10.6. The van der Waals surface area contributed by atoms with E-state index in [1.807, 2.05) is 6.07 Å². The minimum atomic E-state index is -0.0141. The largest absolute Gasteiger partial charge is 0.465 e. The number of esters is 1. The topological polar surface area (TPSA) is 26.3 Å². The average molecular weight is 274 g/mol. The highest BCUT2D eigenvalue weighted by molar-refractivity contribution is 5.74. The molecule has 2 nitrogen and oxygen atoms in total. The first-order valence-corrected chi connectivity index (χ1v) is 7.63. The molecule has 1 fully saturated rings. The lowest BCUT2D eigenvalue weighted by atomic mass is 9.72. The van der Waals surface area contributed by atoms with Gasteiger partial charge < -0.3 is 4.74 Å². The first-order chi connectivity index (χ1) is 9.42. The highest BCUT2D eigenvalue weighted by Crippen LogP contribution is 2.38. The lowest BCUT2D eigenvalue weighted by Gasteiger charge is -2.35. The molecule has 2 heteroatoms. The number of carbonyl (C=O) groups excluding carboxylic acids is 1. The molecule has 0 spiro atoms. The third-order valence-electron chi connectivity index (χ3n) is 4.81. The van der Waals surface area contributed by atoms with Gasteiger partial charge >= 0.3 is 5.97 Å². The number of rotatable bonds is 6. The van der Waals surface area contributed by atoms with Crippen LogP contribution in [0.15, 0.2) is 30.3 Å². The molecule has 0 saturated heterocycles. The van der Waals surface area contributed by atoms with E-state index in [4.69, 9.17) is 4.74 Å². The van der Waals surface area contributed by atoms with Crippen molar-refractivity contribution in [2.45, 2.75) is 46.5 Å². The Morgan fingerprint density at radius 3 is 2.40 bits per heavy atom. The van der Waals surface area contributed by atoms with Crippen LogP contribution in [0.3, 0.4) is 0 Å². The molecule has 0 N–H and O–H groups in total. The van der Waals surface area contributed by atoms with Gasteiger partial charge in [-0.25, -0.2) is 0 Å². The van der Waals surface area contributed by atoms with Crippen molar-refractivity contribution >= 4 is 5.97 Å². The van der Waals surface area contributed by atoms with Gasteiger partial charge in [-0.3, -0.25) is 4.79 Å². The summed E-state index contributed by atoms with van der Waals surface area (Å²) in [4.78, 5) is 11.7. The quantitative estimate of drug-likeness (QED) is 0.718. The third-order valence-corrected chi connectivity index (χ3v) is 4.81. The molecule has 0 heterocycles. The molecule has 1 aromatic rings. The Morgan fingerprint density at radius 2 is 1.85 bits per heavy atom. The molecule has 0 amide bonds. The first kappa shape index (κ1) is 15.1. The van der Waals surface area contributed by atoms with Crippen LogP contribution in [0.4, 0.5) is 0 Å². The molecule has 0 unspecified atom stereocenters. The van der Waals surface area contributed by atoms with E-state index < -0.39 is 0 Å². The summed E-state index contributed by atoms with van der Waals surface area (Å²) in [6.45, 7) is 9.41. The molecule has 1 aliphatic carbocycles. The highest BCUT2D eigenvalue weighted by atomic mass is 16.5. The molecule has 0 aliphatic heterocycles. The third kappa shape index (κ3) is 3.62. The van der Waals surface area contributed by atoms with Gasteiger partial charge in [0.15, 0.2) is 0 Å². The van der Waals surface area contributed by atoms with Gasteiger partial charge in [0.25, 0.3) is 0 Å². The Morgan fingerprint density at radius 1 is 1.25 bits per heavy atom. The summed E-state index contributed by atoms with van der Waals surface area (Å²) in [5.74, 6) is 1.08. The molecular weight excluding hydrogens is 248 g/mol. The summed E-state index contributed by atoms with van der Waals surface area (Å²) >= 11 is 0. The lowest BCUT2D eigenvalue weighted by molar-refractivity contribution is -0.149. The standard InChI is InChI=1S/C18H26O2/c1-13(15-8-6-5-7-9-15)14(2)18(3,4)12-20-17(19)16-10-11-16/h5-9,13-14,16H,10-12H2,1-4H3/t13-,14+/m1/s1. The maximum absolute atomic E-state index is 11.7. The highest BCUT2D eigenvalue weighted by Gasteiger charge is 2.35. The molecule has 0 aromatic heterocycles. The molecule has 2 atom stereocenters. The van der Waals surface area contributed by atoms with Crippen molar-refractivity contribution in [2.24, 2.45) is 17.3 Å². The SMILES string of the molecule is C[C@@H](c1ccccc1)[C@H](C)C(C)(C)COC(=O)C1CC1. The Kier molecular flexibility index (Phi) is 4.52. The van der Waals surface area contributed by atoms with Crippen LogP contribution in [-0.2, 0) is 9.53 Å². The fourth-order valence-corrected chi connectivity index (χ4v) is 2.55. The summed E-state index contributed by atoms with van der Waals surface area (Å²) in [5.41, 5.74) is 1.33. The van der Waals surface area contributed by atoms with E-state index >= 15 is 0 Å². The van der Waals surface area contributed by atoms with Crippen molar-refractivity contribution in [1.29, 1.82) is 0 Å². The normalized spacial score (nSPS) is 18.4. The molecule has 20 heavy (non-hydrogen) atoms. The summed E-state index contributed by atoms with van der Waals surface area (Å²) in [5, 5.41) is 0. The molecule has 0 bridgehead atoms. The van der Waals surface area contributed by atoms with Gasteiger partial charge in [-0.15, -0.1) is 0 Å². The van der Waals surface area contributed by atoms with Gasteiger partial charge in [-0.2, -0.15) is 0 Å². The fourth-order valence-electron chi connectivity index (χ4n) is 2.55. The maximum Gasteiger partial charge on any atom is 0.308 e. The van der Waals surface area contributed by atoms with Crippen LogP contribution < -0.4 is 0 Å². The van der Waals surface area contributed by atoms with Gasteiger partial charge in [0, 0.05) is 5.41 Å². The Bertz CT molecular complexity index is 446. The molecule has 0 radical (unpaired) electrons. The van der Waals surface area contributed by atoms with Crippen molar-refractivity contribution in [3.8, 4) is 0 Å². The average Bonchev–Trinajstić information content (AvgIpc) is 3.28. The van der Waals surface area contributed by atoms with Crippen molar-refractivity contribution in [3.63, 3.8) is 0 Å². The van der Waals surface area contributed by atoms with Crippen molar-refractivity contribution in [2.75, 3.05) is 6.61 Å². The second-order valence-corrected chi connectivity index (χ2v) is 6.86. The number of hydrogen-bond donors (Lipinski definition) is 0. The molecule has 2 rings (SSSR count). The van der Waals surface area contributed by atoms with E-state index in [0.29, 0.717) is 18.4 Å². The van der Waals surface area contributed by atoms with Crippen LogP contribution in [0.25, 0.3) is 0 Å². The molecule has 1 saturated carbocycles. The summed E-state index contributed by atoms with van der Waals surface area (Å²) in [7, 11) is 0. The lowest BCUT2D eigenvalue weighted by Crippen LogP contribution is -2.32. The number of benzene rings is 1. The minimum Gasteiger partial charge on any atom is -0.465 e. The second kappa shape index (κ2) is 5.99. The van der Waals surface area contributed by atoms with E-state index in [0.717, 1.165) is 12.8 Å². The summed E-state index contributed by atoms with van der Waals surface area (Å²) in [6.07, 6.45) is 2.02. The summed E-state index contributed by atoms with van der Waals surface area (Å²) < 4.78 is 5.50. The predicted octanol–water partition coefficient (Wildman–Crippen LogP) is 4.41. The zero-order valence-electron chi connectivity index (χ0n) is 13.1. The molecule has 110 valence electrons. The van der Waals surface area contributed by atoms with E-state index in [1.54, 1.807) is 0 Å². The Labute approximate surface area is 122 Å². The van der Waals surface area contributed by atoms with Crippen LogP contribution in [0.1, 0.15) is 52.0 Å². The number of ether oxygens (including phenoxy) is 1. The van der Waals surface area contributed by atoms with Gasteiger partial charge in [-0.1, -0.05) is 58.0 Å². The van der Waals surface area contributed by atoms with Crippen molar-refractivity contribution in [3.05, 3.63) is 35.9 Å². The molecule has 1 aromatic carbocycles. The van der Waals surface area contributed by atoms with Crippen LogP contribution in [0, 0.1) is 17.3 Å². The Balaban J connectivity index is 1.94. The van der Waals surface area contributed by atoms with Gasteiger partial charge in [0.1, 0.15) is 0 Å². The van der Waals surface area contributed by atoms with Gasteiger partial charge in [0.2, 0.25) is 0 Å². The Hall–Kier alpha value is -1.31. The van der Waals surface area contributed by atoms with Crippen LogP contribution >= 0.6 is 0 Å². The minimum absolute atomic E-state index is 0.00219. The zero-order chi connectivity index (χ0) is 14.8. The van der Waals surface area contributed by atoms with E-state index in [9.17, 15) is 4.79 Å². The smallest absolute Gasteiger partial charge is 0.308 e. The van der Waals surface area contributed by atoms with Crippen molar-refractivity contribution < 1.29 is 9.53 Å². The van der Waals surface area contributed by atoms with Crippen LogP contribution in [0.5, 0.6) is 0 Å². The van der Waals surface area contributed by atoms with E-state index in [1.165, 1.54) is 5.56 Å². The zero-order valence-corrected chi connectivity index (χ0v) is 13.1. The molecule has 1 aliphatic rings. The number of carbonyl (C=O) groups is 1. The van der Waals surface area contributed by atoms with Crippen LogP contribution in [-0.4, -0.2) is 12.6 Å². The van der Waals surface area contributed by atoms with E-state index in [-0.39, 0.29) is 17.3 Å². The van der Waals surface area contributed by atoms with Crippen LogP contribution in [0.2, 0.25) is 0 Å². The first-order valence-electron chi connectivity index (χ1n) is 7.63. The van der Waals surface area contributed by atoms with Gasteiger partial charge in [-0.05, 0) is 30.2 Å². The number of hydrogen-bond acceptors (Lipinski definition) is 2. The predicted molar refractivity (Wildman–Crippen MR) is 81.5 cm³/mol. The van der Waals surface area contributed by atoms with E-state index in [2.05, 4.69) is 52.0 Å². The fraction of sp³-hybridized carbons (Fsp3) is 0.611. The maximum atomic E-state index is 11.7. The monoisotopic (exact) mass is 274 g/mol. The molecular formula is C18H26O2. The second-order valence-electron chi connectivity index (χ2n) is 6.86. The van der Waals surface area contributed by atoms with Crippen molar-refractivity contribution in [1.82, 2.24) is 0 Å².